The quantitative estimate of drug-likeness (QED) is 0.449. The first kappa shape index (κ1) is 7.86. The summed E-state index contributed by atoms with van der Waals surface area (Å²) < 4.78 is 5.39. The molecule has 1 aliphatic heterocycles. The second kappa shape index (κ2) is 3.81. The lowest BCUT2D eigenvalue weighted by Crippen LogP contribution is -2.19. The number of thiocarbonyl (C=S) groups is 1. The Hall–Kier alpha value is -0.240. The predicted octanol–water partition coefficient (Wildman–Crippen LogP) is 1.66. The van der Waals surface area contributed by atoms with Gasteiger partial charge in [-0.3, -0.25) is 0 Å². The van der Waals surface area contributed by atoms with Crippen LogP contribution in [0.4, 0.5) is 0 Å². The number of nitrogens with zero attached hydrogens (tertiary/aromatic N) is 1. The molecule has 0 saturated carbocycles. The van der Waals surface area contributed by atoms with Crippen molar-refractivity contribution in [2.45, 2.75) is 31.9 Å². The zero-order valence-corrected chi connectivity index (χ0v) is 6.86. The molecule has 2 nitrogen and oxygen atoms in total. The van der Waals surface area contributed by atoms with E-state index < -0.39 is 0 Å². The minimum Gasteiger partial charge on any atom is -0.376 e. The highest BCUT2D eigenvalue weighted by Crippen LogP contribution is 2.16. The summed E-state index contributed by atoms with van der Waals surface area (Å²) in [5.41, 5.74) is 0. The summed E-state index contributed by atoms with van der Waals surface area (Å²) >= 11 is 4.49. The summed E-state index contributed by atoms with van der Waals surface area (Å²) in [4.78, 5) is 3.95. The van der Waals surface area contributed by atoms with Crippen molar-refractivity contribution >= 4 is 17.4 Å². The first-order chi connectivity index (χ1) is 4.84. The predicted molar refractivity (Wildman–Crippen MR) is 43.5 cm³/mol. The van der Waals surface area contributed by atoms with E-state index in [1.54, 1.807) is 0 Å². The van der Waals surface area contributed by atoms with Gasteiger partial charge in [-0.2, -0.15) is 0 Å². The van der Waals surface area contributed by atoms with Gasteiger partial charge in [0.2, 0.25) is 0 Å². The molecule has 3 heteroatoms. The molecule has 1 rings (SSSR count). The van der Waals surface area contributed by atoms with E-state index in [0.717, 1.165) is 19.4 Å². The summed E-state index contributed by atoms with van der Waals surface area (Å²) in [6, 6.07) is 0.194. The highest BCUT2D eigenvalue weighted by molar-refractivity contribution is 7.78. The van der Waals surface area contributed by atoms with Crippen LogP contribution < -0.4 is 0 Å². The van der Waals surface area contributed by atoms with Crippen molar-refractivity contribution in [2.24, 2.45) is 4.99 Å². The van der Waals surface area contributed by atoms with Crippen molar-refractivity contribution in [3.05, 3.63) is 0 Å². The van der Waals surface area contributed by atoms with Crippen molar-refractivity contribution < 1.29 is 4.74 Å². The van der Waals surface area contributed by atoms with Gasteiger partial charge < -0.3 is 4.74 Å². The minimum atomic E-state index is 0.194. The minimum absolute atomic E-state index is 0.194. The van der Waals surface area contributed by atoms with E-state index >= 15 is 0 Å². The smallest absolute Gasteiger partial charge is 0.0836 e. The van der Waals surface area contributed by atoms with Crippen LogP contribution in [0, 0.1) is 0 Å². The third kappa shape index (κ3) is 1.87. The summed E-state index contributed by atoms with van der Waals surface area (Å²) in [7, 11) is 0. The monoisotopic (exact) mass is 157 g/mol. The van der Waals surface area contributed by atoms with Gasteiger partial charge >= 0.3 is 0 Å². The molecule has 0 aromatic heterocycles. The summed E-state index contributed by atoms with van der Waals surface area (Å²) in [6.45, 7) is 2.89. The fourth-order valence-electron chi connectivity index (χ4n) is 1.15. The highest BCUT2D eigenvalue weighted by Gasteiger charge is 2.21. The van der Waals surface area contributed by atoms with Crippen LogP contribution in [0.1, 0.15) is 19.8 Å². The van der Waals surface area contributed by atoms with Crippen LogP contribution in [0.3, 0.4) is 0 Å². The maximum Gasteiger partial charge on any atom is 0.0836 e. The summed E-state index contributed by atoms with van der Waals surface area (Å²) in [5.74, 6) is 0. The van der Waals surface area contributed by atoms with E-state index in [2.05, 4.69) is 22.4 Å². The van der Waals surface area contributed by atoms with E-state index in [-0.39, 0.29) is 12.1 Å². The topological polar surface area (TPSA) is 21.6 Å². The molecule has 1 saturated heterocycles. The van der Waals surface area contributed by atoms with Crippen LogP contribution in [-0.4, -0.2) is 23.9 Å². The molecule has 0 N–H and O–H groups in total. The Bertz CT molecular complexity index is 148. The maximum atomic E-state index is 5.39. The highest BCUT2D eigenvalue weighted by atomic mass is 32.1. The Kier molecular flexibility index (Phi) is 3.00. The number of rotatable bonds is 2. The SMILES string of the molecule is C[C@@H](N=C=S)[C@H]1CCCO1. The molecule has 1 aliphatic rings. The molecule has 0 aromatic carbocycles. The number of hydrogen-bond donors (Lipinski definition) is 0. The van der Waals surface area contributed by atoms with E-state index in [0.29, 0.717) is 0 Å². The van der Waals surface area contributed by atoms with Gasteiger partial charge in [0.15, 0.2) is 0 Å². The molecule has 1 fully saturated rings. The Morgan fingerprint density at radius 2 is 2.60 bits per heavy atom. The lowest BCUT2D eigenvalue weighted by molar-refractivity contribution is 0.0955. The average Bonchev–Trinajstić information content (AvgIpc) is 2.38. The molecular weight excluding hydrogens is 146 g/mol. The molecule has 0 aliphatic carbocycles. The molecule has 56 valence electrons. The largest absolute Gasteiger partial charge is 0.376 e. The van der Waals surface area contributed by atoms with E-state index in [1.807, 2.05) is 6.92 Å². The van der Waals surface area contributed by atoms with E-state index in [9.17, 15) is 0 Å². The van der Waals surface area contributed by atoms with Gasteiger partial charge in [-0.1, -0.05) is 0 Å². The van der Waals surface area contributed by atoms with Crippen molar-refractivity contribution in [3.8, 4) is 0 Å². The van der Waals surface area contributed by atoms with Gasteiger partial charge in [-0.15, -0.1) is 0 Å². The third-order valence-corrected chi connectivity index (χ3v) is 1.86. The molecule has 2 atom stereocenters. The Balaban J connectivity index is 2.39. The van der Waals surface area contributed by atoms with Gasteiger partial charge in [0, 0.05) is 6.61 Å². The molecule has 0 aromatic rings. The van der Waals surface area contributed by atoms with Gasteiger partial charge in [0.1, 0.15) is 0 Å². The van der Waals surface area contributed by atoms with Crippen molar-refractivity contribution in [3.63, 3.8) is 0 Å². The summed E-state index contributed by atoms with van der Waals surface area (Å²) in [6.07, 6.45) is 2.55. The molecule has 0 spiro atoms. The average molecular weight is 157 g/mol. The Morgan fingerprint density at radius 3 is 3.10 bits per heavy atom. The zero-order valence-electron chi connectivity index (χ0n) is 6.04. The van der Waals surface area contributed by atoms with Gasteiger partial charge in [0.25, 0.3) is 0 Å². The first-order valence-electron chi connectivity index (χ1n) is 3.53. The van der Waals surface area contributed by atoms with E-state index in [4.69, 9.17) is 4.74 Å². The third-order valence-electron chi connectivity index (χ3n) is 1.76. The van der Waals surface area contributed by atoms with Gasteiger partial charge in [0.05, 0.1) is 17.3 Å². The number of aliphatic imine (C=N–C) groups is 1. The Morgan fingerprint density at radius 1 is 1.80 bits per heavy atom. The van der Waals surface area contributed by atoms with Crippen LogP contribution >= 0.6 is 12.2 Å². The lowest BCUT2D eigenvalue weighted by atomic mass is 10.1. The second-order valence-electron chi connectivity index (χ2n) is 2.51. The van der Waals surface area contributed by atoms with Gasteiger partial charge in [-0.05, 0) is 32.0 Å². The van der Waals surface area contributed by atoms with Crippen LogP contribution in [-0.2, 0) is 4.74 Å². The van der Waals surface area contributed by atoms with Crippen molar-refractivity contribution in [2.75, 3.05) is 6.61 Å². The van der Waals surface area contributed by atoms with Crippen molar-refractivity contribution in [1.82, 2.24) is 0 Å². The second-order valence-corrected chi connectivity index (χ2v) is 2.70. The Labute approximate surface area is 66.3 Å². The standard InChI is InChI=1S/C7H11NOS/c1-6(8-5-10)7-3-2-4-9-7/h6-7H,2-4H2,1H3/t6-,7-/m1/s1. The van der Waals surface area contributed by atoms with E-state index in [1.165, 1.54) is 0 Å². The molecule has 0 bridgehead atoms. The normalized spacial score (nSPS) is 27.5. The lowest BCUT2D eigenvalue weighted by Gasteiger charge is -2.11. The molecule has 10 heavy (non-hydrogen) atoms. The zero-order chi connectivity index (χ0) is 7.40. The van der Waals surface area contributed by atoms with Crippen molar-refractivity contribution in [1.29, 1.82) is 0 Å². The number of isothiocyanates is 1. The number of hydrogen-bond acceptors (Lipinski definition) is 3. The fourth-order valence-corrected chi connectivity index (χ4v) is 1.32. The first-order valence-corrected chi connectivity index (χ1v) is 3.94. The van der Waals surface area contributed by atoms with Crippen LogP contribution in [0.15, 0.2) is 4.99 Å². The van der Waals surface area contributed by atoms with Crippen LogP contribution in [0.2, 0.25) is 0 Å². The summed E-state index contributed by atoms with van der Waals surface area (Å²) in [5, 5.41) is 2.37. The molecular formula is C7H11NOS. The van der Waals surface area contributed by atoms with Gasteiger partial charge in [-0.25, -0.2) is 4.99 Å². The fraction of sp³-hybridized carbons (Fsp3) is 0.857. The molecule has 0 amide bonds. The van der Waals surface area contributed by atoms with Crippen LogP contribution in [0.25, 0.3) is 0 Å². The molecule has 0 radical (unpaired) electrons. The molecule has 0 unspecified atom stereocenters. The molecule has 1 heterocycles. The maximum absolute atomic E-state index is 5.39. The van der Waals surface area contributed by atoms with Crippen LogP contribution in [0.5, 0.6) is 0 Å². The number of ether oxygens (including phenoxy) is 1.